The molecule has 0 spiro atoms. The third-order valence-electron chi connectivity index (χ3n) is 5.58. The van der Waals surface area contributed by atoms with E-state index in [0.29, 0.717) is 17.0 Å². The van der Waals surface area contributed by atoms with Gasteiger partial charge in [0.25, 0.3) is 0 Å². The van der Waals surface area contributed by atoms with Crippen molar-refractivity contribution >= 4 is 17.3 Å². The second-order valence-electron chi connectivity index (χ2n) is 7.50. The van der Waals surface area contributed by atoms with Crippen LogP contribution in [0.5, 0.6) is 0 Å². The van der Waals surface area contributed by atoms with E-state index < -0.39 is 37.1 Å². The molecule has 2 aromatic carbocycles. The fourth-order valence-corrected chi connectivity index (χ4v) is 3.99. The van der Waals surface area contributed by atoms with Crippen LogP contribution in [0, 0.1) is 0 Å². The largest absolute Gasteiger partial charge is 0.394 e. The molecule has 7 heteroatoms. The molecule has 2 aromatic rings. The maximum absolute atomic E-state index is 10.4. The summed E-state index contributed by atoms with van der Waals surface area (Å²) in [6.45, 7) is 1.61. The van der Waals surface area contributed by atoms with Gasteiger partial charge in [0, 0.05) is 17.8 Å². The Morgan fingerprint density at radius 1 is 1.03 bits per heavy atom. The van der Waals surface area contributed by atoms with Crippen molar-refractivity contribution in [3.8, 4) is 0 Å². The molecule has 0 aromatic heterocycles. The van der Waals surface area contributed by atoms with Crippen LogP contribution in [0.2, 0.25) is 5.02 Å². The van der Waals surface area contributed by atoms with Crippen LogP contribution >= 0.6 is 11.6 Å². The van der Waals surface area contributed by atoms with Crippen LogP contribution in [0.15, 0.2) is 47.5 Å². The molecular weight excluding hydrogens is 406 g/mol. The van der Waals surface area contributed by atoms with Gasteiger partial charge in [0.15, 0.2) is 0 Å². The zero-order valence-electron chi connectivity index (χ0n) is 17.1. The number of rotatable bonds is 6. The smallest absolute Gasteiger partial charge is 0.113 e. The molecule has 1 saturated heterocycles. The standard InChI is InChI=1S/C23H28ClNO5/c1-3-18(25-2)14-6-4-13(5-7-14)10-16-11-15(8-9-17(16)24)23-22(29)21(28)20(27)19(12-26)30-23/h4-9,11,19-23,26-29H,3,10,12H2,1-2H3. The van der Waals surface area contributed by atoms with Gasteiger partial charge in [0.2, 0.25) is 0 Å². The topological polar surface area (TPSA) is 103 Å². The number of hydrogen-bond acceptors (Lipinski definition) is 6. The minimum atomic E-state index is -1.42. The summed E-state index contributed by atoms with van der Waals surface area (Å²) in [5, 5.41) is 40.4. The molecule has 5 atom stereocenters. The number of aliphatic hydroxyl groups excluding tert-OH is 4. The van der Waals surface area contributed by atoms with Crippen LogP contribution in [-0.2, 0) is 11.2 Å². The summed E-state index contributed by atoms with van der Waals surface area (Å²) in [4.78, 5) is 4.30. The van der Waals surface area contributed by atoms with Gasteiger partial charge >= 0.3 is 0 Å². The van der Waals surface area contributed by atoms with E-state index in [-0.39, 0.29) is 0 Å². The van der Waals surface area contributed by atoms with Crippen LogP contribution in [0.1, 0.15) is 41.7 Å². The number of aliphatic hydroxyl groups is 4. The van der Waals surface area contributed by atoms with Crippen molar-refractivity contribution in [2.24, 2.45) is 4.99 Å². The highest BCUT2D eigenvalue weighted by Crippen LogP contribution is 2.34. The molecule has 0 bridgehead atoms. The monoisotopic (exact) mass is 433 g/mol. The fourth-order valence-electron chi connectivity index (χ4n) is 3.81. The average molecular weight is 434 g/mol. The summed E-state index contributed by atoms with van der Waals surface area (Å²) in [6, 6.07) is 13.4. The molecule has 3 rings (SSSR count). The molecule has 5 unspecified atom stereocenters. The maximum Gasteiger partial charge on any atom is 0.113 e. The van der Waals surface area contributed by atoms with Crippen molar-refractivity contribution < 1.29 is 25.2 Å². The molecule has 30 heavy (non-hydrogen) atoms. The number of aliphatic imine (C=N–C) groups is 1. The van der Waals surface area contributed by atoms with Crippen molar-refractivity contribution in [2.45, 2.75) is 50.3 Å². The van der Waals surface area contributed by atoms with Crippen molar-refractivity contribution in [1.29, 1.82) is 0 Å². The first-order valence-electron chi connectivity index (χ1n) is 10.0. The molecular formula is C23H28ClNO5. The van der Waals surface area contributed by atoms with Gasteiger partial charge in [-0.15, -0.1) is 0 Å². The lowest BCUT2D eigenvalue weighted by atomic mass is 9.90. The zero-order chi connectivity index (χ0) is 21.8. The molecule has 0 radical (unpaired) electrons. The first-order valence-corrected chi connectivity index (χ1v) is 10.4. The van der Waals surface area contributed by atoms with E-state index >= 15 is 0 Å². The van der Waals surface area contributed by atoms with E-state index in [1.165, 1.54) is 0 Å². The molecule has 0 saturated carbocycles. The van der Waals surface area contributed by atoms with Crippen molar-refractivity contribution in [1.82, 2.24) is 0 Å². The van der Waals surface area contributed by atoms with Crippen molar-refractivity contribution in [2.75, 3.05) is 13.7 Å². The summed E-state index contributed by atoms with van der Waals surface area (Å²) in [7, 11) is 1.79. The van der Waals surface area contributed by atoms with E-state index in [2.05, 4.69) is 11.9 Å². The average Bonchev–Trinajstić information content (AvgIpc) is 2.76. The second kappa shape index (κ2) is 10.0. The maximum atomic E-state index is 10.4. The fraction of sp³-hybridized carbons (Fsp3) is 0.435. The SMILES string of the molecule is CCC(=NC)c1ccc(Cc2cc(C3OC(CO)C(O)C(O)C3O)ccc2Cl)cc1. The predicted octanol–water partition coefficient (Wildman–Crippen LogP) is 2.27. The minimum absolute atomic E-state index is 0.463. The number of nitrogens with zero attached hydrogens (tertiary/aromatic N) is 1. The summed E-state index contributed by atoms with van der Waals surface area (Å²) in [5.41, 5.74) is 4.67. The summed E-state index contributed by atoms with van der Waals surface area (Å²) in [5.74, 6) is 0. The highest BCUT2D eigenvalue weighted by Gasteiger charge is 2.44. The first kappa shape index (κ1) is 22.9. The highest BCUT2D eigenvalue weighted by molar-refractivity contribution is 6.31. The molecule has 0 aliphatic carbocycles. The Labute approximate surface area is 181 Å². The van der Waals surface area contributed by atoms with E-state index in [0.717, 1.165) is 28.8 Å². The highest BCUT2D eigenvalue weighted by atomic mass is 35.5. The van der Waals surface area contributed by atoms with E-state index in [9.17, 15) is 20.4 Å². The Hall–Kier alpha value is -1.80. The van der Waals surface area contributed by atoms with Crippen LogP contribution in [0.25, 0.3) is 0 Å². The van der Waals surface area contributed by atoms with Gasteiger partial charge in [-0.05, 0) is 41.2 Å². The third-order valence-corrected chi connectivity index (χ3v) is 5.95. The third kappa shape index (κ3) is 4.75. The van der Waals surface area contributed by atoms with Crippen molar-refractivity contribution in [3.63, 3.8) is 0 Å². The van der Waals surface area contributed by atoms with Gasteiger partial charge in [0.1, 0.15) is 30.5 Å². The van der Waals surface area contributed by atoms with Gasteiger partial charge in [-0.1, -0.05) is 54.9 Å². The Kier molecular flexibility index (Phi) is 7.63. The van der Waals surface area contributed by atoms with Crippen LogP contribution in [0.3, 0.4) is 0 Å². The van der Waals surface area contributed by atoms with Crippen LogP contribution < -0.4 is 0 Å². The van der Waals surface area contributed by atoms with E-state index in [1.54, 1.807) is 19.2 Å². The Bertz CT molecular complexity index is 884. The summed E-state index contributed by atoms with van der Waals surface area (Å²) in [6.07, 6.45) is -4.51. The molecule has 4 N–H and O–H groups in total. The van der Waals surface area contributed by atoms with E-state index in [1.807, 2.05) is 30.3 Å². The molecule has 162 valence electrons. The lowest BCUT2D eigenvalue weighted by Crippen LogP contribution is -2.55. The normalized spacial score (nSPS) is 27.3. The molecule has 1 aliphatic rings. The number of benzene rings is 2. The Morgan fingerprint density at radius 2 is 1.73 bits per heavy atom. The number of hydrogen-bond donors (Lipinski definition) is 4. The van der Waals surface area contributed by atoms with Crippen LogP contribution in [-0.4, -0.2) is 64.2 Å². The minimum Gasteiger partial charge on any atom is -0.394 e. The zero-order valence-corrected chi connectivity index (χ0v) is 17.8. The summed E-state index contributed by atoms with van der Waals surface area (Å²) >= 11 is 6.40. The van der Waals surface area contributed by atoms with Gasteiger partial charge in [-0.25, -0.2) is 0 Å². The Balaban J connectivity index is 1.83. The quantitative estimate of drug-likeness (QED) is 0.523. The second-order valence-corrected chi connectivity index (χ2v) is 7.91. The molecule has 6 nitrogen and oxygen atoms in total. The van der Waals surface area contributed by atoms with E-state index in [4.69, 9.17) is 16.3 Å². The lowest BCUT2D eigenvalue weighted by Gasteiger charge is -2.40. The van der Waals surface area contributed by atoms with Gasteiger partial charge in [0.05, 0.1) is 6.61 Å². The van der Waals surface area contributed by atoms with Crippen LogP contribution in [0.4, 0.5) is 0 Å². The molecule has 1 heterocycles. The van der Waals surface area contributed by atoms with Crippen molar-refractivity contribution in [3.05, 3.63) is 69.7 Å². The van der Waals surface area contributed by atoms with Gasteiger partial charge in [-0.2, -0.15) is 0 Å². The molecule has 0 amide bonds. The number of halogens is 1. The van der Waals surface area contributed by atoms with Gasteiger partial charge in [-0.3, -0.25) is 4.99 Å². The number of ether oxygens (including phenoxy) is 1. The molecule has 1 fully saturated rings. The Morgan fingerprint density at radius 3 is 2.33 bits per heavy atom. The summed E-state index contributed by atoms with van der Waals surface area (Å²) < 4.78 is 5.66. The molecule has 1 aliphatic heterocycles. The predicted molar refractivity (Wildman–Crippen MR) is 116 cm³/mol. The van der Waals surface area contributed by atoms with Gasteiger partial charge < -0.3 is 25.2 Å². The first-order chi connectivity index (χ1) is 14.4. The lowest BCUT2D eigenvalue weighted by molar-refractivity contribution is -0.231.